The zero-order chi connectivity index (χ0) is 15.3. The molecule has 0 saturated carbocycles. The normalized spacial score (nSPS) is 19.6. The predicted molar refractivity (Wildman–Crippen MR) is 76.1 cm³/mol. The molecule has 7 nitrogen and oxygen atoms in total. The molecule has 110 valence electrons. The van der Waals surface area contributed by atoms with Crippen LogP contribution in [0.25, 0.3) is 0 Å². The smallest absolute Gasteiger partial charge is 0.326 e. The number of carboxylic acid groups (broad SMARTS) is 1. The molecule has 1 aliphatic heterocycles. The first-order valence-electron chi connectivity index (χ1n) is 5.95. The van der Waals surface area contributed by atoms with Gasteiger partial charge in [-0.2, -0.15) is 8.42 Å². The van der Waals surface area contributed by atoms with E-state index in [2.05, 4.69) is 0 Å². The average molecular weight is 299 g/mol. The molecule has 0 aromatic heterocycles. The van der Waals surface area contributed by atoms with Gasteiger partial charge in [-0.1, -0.05) is 6.07 Å². The number of fused-ring (bicyclic) bond motifs is 1. The van der Waals surface area contributed by atoms with Crippen molar-refractivity contribution in [2.24, 2.45) is 5.73 Å². The Labute approximate surface area is 117 Å². The SMILES string of the molecule is CN1c2ccc(CC(C)(N)C(=O)O)cc2N(C)S1(=O)=O. The Hall–Kier alpha value is -1.80. The molecule has 0 fully saturated rings. The second-order valence-corrected chi connectivity index (χ2v) is 7.16. The van der Waals surface area contributed by atoms with Crippen molar-refractivity contribution in [2.75, 3.05) is 22.7 Å². The minimum atomic E-state index is -3.52. The molecule has 8 heteroatoms. The molecular formula is C12H17N3O4S. The number of hydrogen-bond donors (Lipinski definition) is 2. The number of anilines is 2. The van der Waals surface area contributed by atoms with Crippen molar-refractivity contribution in [3.8, 4) is 0 Å². The molecule has 1 aromatic rings. The average Bonchev–Trinajstić information content (AvgIpc) is 2.51. The van der Waals surface area contributed by atoms with E-state index in [1.165, 1.54) is 29.6 Å². The van der Waals surface area contributed by atoms with E-state index in [9.17, 15) is 13.2 Å². The van der Waals surface area contributed by atoms with E-state index in [1.54, 1.807) is 18.2 Å². The van der Waals surface area contributed by atoms with Crippen LogP contribution in [0.2, 0.25) is 0 Å². The van der Waals surface area contributed by atoms with Gasteiger partial charge in [0.2, 0.25) is 0 Å². The molecule has 1 aromatic carbocycles. The molecule has 0 spiro atoms. The third-order valence-corrected chi connectivity index (χ3v) is 5.25. The second-order valence-electron chi connectivity index (χ2n) is 5.17. The molecular weight excluding hydrogens is 282 g/mol. The van der Waals surface area contributed by atoms with Crippen LogP contribution in [0.15, 0.2) is 18.2 Å². The molecule has 1 atom stereocenters. The van der Waals surface area contributed by atoms with Crippen molar-refractivity contribution in [2.45, 2.75) is 18.9 Å². The van der Waals surface area contributed by atoms with Crippen LogP contribution in [0.1, 0.15) is 12.5 Å². The van der Waals surface area contributed by atoms with E-state index in [1.807, 2.05) is 0 Å². The topological polar surface area (TPSA) is 104 Å². The van der Waals surface area contributed by atoms with Gasteiger partial charge in [0.05, 0.1) is 11.4 Å². The highest BCUT2D eigenvalue weighted by molar-refractivity contribution is 7.94. The fraction of sp³-hybridized carbons (Fsp3) is 0.417. The summed E-state index contributed by atoms with van der Waals surface area (Å²) in [7, 11) is -0.588. The molecule has 2 rings (SSSR count). The monoisotopic (exact) mass is 299 g/mol. The van der Waals surface area contributed by atoms with Gasteiger partial charge < -0.3 is 10.8 Å². The van der Waals surface area contributed by atoms with E-state index < -0.39 is 21.7 Å². The number of nitrogens with two attached hydrogens (primary N) is 1. The first kappa shape index (κ1) is 14.6. The molecule has 1 heterocycles. The summed E-state index contributed by atoms with van der Waals surface area (Å²) in [5, 5.41) is 9.03. The van der Waals surface area contributed by atoms with Gasteiger partial charge in [-0.3, -0.25) is 13.4 Å². The van der Waals surface area contributed by atoms with E-state index in [4.69, 9.17) is 10.8 Å². The standard InChI is InChI=1S/C12H17N3O4S/c1-12(13,11(16)17)7-8-4-5-9-10(6-8)15(3)20(18,19)14(9)2/h4-6H,7,13H2,1-3H3,(H,16,17). The van der Waals surface area contributed by atoms with Gasteiger partial charge >= 0.3 is 16.2 Å². The summed E-state index contributed by atoms with van der Waals surface area (Å²) in [6, 6.07) is 5.01. The number of carbonyl (C=O) groups is 1. The summed E-state index contributed by atoms with van der Waals surface area (Å²) < 4.78 is 26.3. The maximum Gasteiger partial charge on any atom is 0.326 e. The predicted octanol–water partition coefficient (Wildman–Crippen LogP) is 0.162. The molecule has 3 N–H and O–H groups in total. The Morgan fingerprint density at radius 2 is 1.85 bits per heavy atom. The van der Waals surface area contributed by atoms with E-state index in [0.29, 0.717) is 16.9 Å². The zero-order valence-corrected chi connectivity index (χ0v) is 12.3. The maximum atomic E-state index is 12.0. The summed E-state index contributed by atoms with van der Waals surface area (Å²) >= 11 is 0. The quantitative estimate of drug-likeness (QED) is 0.827. The number of nitrogens with zero attached hydrogens (tertiary/aromatic N) is 2. The van der Waals surface area contributed by atoms with Crippen LogP contribution in [-0.4, -0.2) is 39.1 Å². The molecule has 0 amide bonds. The van der Waals surface area contributed by atoms with Gasteiger partial charge in [-0.15, -0.1) is 0 Å². The van der Waals surface area contributed by atoms with Crippen LogP contribution >= 0.6 is 0 Å². The van der Waals surface area contributed by atoms with Gasteiger partial charge in [-0.25, -0.2) is 0 Å². The summed E-state index contributed by atoms with van der Waals surface area (Å²) in [6.45, 7) is 1.43. The molecule has 0 bridgehead atoms. The van der Waals surface area contributed by atoms with Crippen LogP contribution in [0.5, 0.6) is 0 Å². The van der Waals surface area contributed by atoms with E-state index >= 15 is 0 Å². The van der Waals surface area contributed by atoms with Crippen LogP contribution in [0.3, 0.4) is 0 Å². The van der Waals surface area contributed by atoms with Crippen molar-refractivity contribution in [1.82, 2.24) is 0 Å². The lowest BCUT2D eigenvalue weighted by Crippen LogP contribution is -2.46. The lowest BCUT2D eigenvalue weighted by atomic mass is 9.93. The number of aliphatic carboxylic acids is 1. The van der Waals surface area contributed by atoms with Gasteiger partial charge in [-0.05, 0) is 24.6 Å². The van der Waals surface area contributed by atoms with Crippen molar-refractivity contribution in [3.63, 3.8) is 0 Å². The van der Waals surface area contributed by atoms with Crippen LogP contribution in [0, 0.1) is 0 Å². The largest absolute Gasteiger partial charge is 0.480 e. The van der Waals surface area contributed by atoms with Crippen molar-refractivity contribution in [1.29, 1.82) is 0 Å². The molecule has 0 radical (unpaired) electrons. The number of hydrogen-bond acceptors (Lipinski definition) is 4. The highest BCUT2D eigenvalue weighted by Crippen LogP contribution is 2.39. The molecule has 20 heavy (non-hydrogen) atoms. The Morgan fingerprint density at radius 3 is 2.40 bits per heavy atom. The molecule has 1 unspecified atom stereocenters. The third kappa shape index (κ3) is 2.10. The van der Waals surface area contributed by atoms with Gasteiger partial charge in [0.25, 0.3) is 0 Å². The first-order chi connectivity index (χ1) is 9.07. The minimum absolute atomic E-state index is 0.118. The van der Waals surface area contributed by atoms with Crippen LogP contribution in [-0.2, 0) is 21.4 Å². The number of rotatable bonds is 3. The summed E-state index contributed by atoms with van der Waals surface area (Å²) in [5.41, 5.74) is 6.07. The van der Waals surface area contributed by atoms with Gasteiger partial charge in [0.15, 0.2) is 0 Å². The van der Waals surface area contributed by atoms with E-state index in [0.717, 1.165) is 0 Å². The first-order valence-corrected chi connectivity index (χ1v) is 7.35. The zero-order valence-electron chi connectivity index (χ0n) is 11.5. The van der Waals surface area contributed by atoms with Crippen LogP contribution in [0.4, 0.5) is 11.4 Å². The Balaban J connectivity index is 2.41. The van der Waals surface area contributed by atoms with E-state index in [-0.39, 0.29) is 6.42 Å². The highest BCUT2D eigenvalue weighted by atomic mass is 32.2. The second kappa shape index (κ2) is 4.35. The van der Waals surface area contributed by atoms with Crippen molar-refractivity contribution >= 4 is 27.6 Å². The minimum Gasteiger partial charge on any atom is -0.480 e. The summed E-state index contributed by atoms with van der Waals surface area (Å²) in [6.07, 6.45) is 0.118. The number of carboxylic acids is 1. The summed E-state index contributed by atoms with van der Waals surface area (Å²) in [4.78, 5) is 11.0. The third-order valence-electron chi connectivity index (χ3n) is 3.47. The fourth-order valence-corrected chi connectivity index (χ4v) is 3.29. The van der Waals surface area contributed by atoms with Gasteiger partial charge in [0, 0.05) is 20.5 Å². The highest BCUT2D eigenvalue weighted by Gasteiger charge is 2.36. The Kier molecular flexibility index (Phi) is 3.18. The van der Waals surface area contributed by atoms with Gasteiger partial charge in [0.1, 0.15) is 5.54 Å². The fourth-order valence-electron chi connectivity index (χ4n) is 2.13. The molecule has 0 aliphatic carbocycles. The maximum absolute atomic E-state index is 12.0. The Bertz CT molecular complexity index is 669. The van der Waals surface area contributed by atoms with Crippen molar-refractivity contribution in [3.05, 3.63) is 23.8 Å². The molecule has 0 saturated heterocycles. The van der Waals surface area contributed by atoms with Crippen LogP contribution < -0.4 is 14.3 Å². The lowest BCUT2D eigenvalue weighted by molar-refractivity contribution is -0.142. The molecule has 1 aliphatic rings. The van der Waals surface area contributed by atoms with Crippen molar-refractivity contribution < 1.29 is 18.3 Å². The lowest BCUT2D eigenvalue weighted by Gasteiger charge is -2.19. The number of benzene rings is 1. The summed E-state index contributed by atoms with van der Waals surface area (Å²) in [5.74, 6) is -1.10. The Morgan fingerprint density at radius 1 is 1.30 bits per heavy atom.